The van der Waals surface area contributed by atoms with Crippen LogP contribution in [-0.2, 0) is 29.1 Å². The molecule has 9 heteroatoms. The van der Waals surface area contributed by atoms with Crippen LogP contribution in [0.2, 0.25) is 5.02 Å². The number of hydrogen-bond acceptors (Lipinski definition) is 5. The largest absolute Gasteiger partial charge is 0.492 e. The number of amides is 1. The fraction of sp³-hybridized carbons (Fsp3) is 0.333. The van der Waals surface area contributed by atoms with E-state index in [1.165, 1.54) is 10.9 Å². The van der Waals surface area contributed by atoms with Gasteiger partial charge in [0.1, 0.15) is 24.6 Å². The Morgan fingerprint density at radius 3 is 3.08 bits per heavy atom. The number of carbonyl (C=O) groups is 2. The van der Waals surface area contributed by atoms with Crippen molar-refractivity contribution in [3.63, 3.8) is 0 Å². The number of aliphatic carboxylic acids is 1. The molecule has 24 heavy (non-hydrogen) atoms. The van der Waals surface area contributed by atoms with Crippen LogP contribution >= 0.6 is 11.6 Å². The van der Waals surface area contributed by atoms with Crippen LogP contribution < -0.4 is 10.1 Å². The molecule has 2 heterocycles. The molecule has 8 nitrogen and oxygen atoms in total. The molecular formula is C15H15ClN4O4. The zero-order valence-electron chi connectivity index (χ0n) is 12.6. The van der Waals surface area contributed by atoms with Crippen molar-refractivity contribution in [2.24, 2.45) is 5.92 Å². The lowest BCUT2D eigenvalue weighted by Crippen LogP contribution is -2.37. The van der Waals surface area contributed by atoms with Gasteiger partial charge < -0.3 is 15.2 Å². The first-order valence-corrected chi connectivity index (χ1v) is 7.69. The number of carboxylic acid groups (broad SMARTS) is 1. The molecule has 2 aromatic rings. The van der Waals surface area contributed by atoms with Gasteiger partial charge in [0.2, 0.25) is 5.91 Å². The maximum atomic E-state index is 12.3. The number of carboxylic acids is 1. The molecule has 1 aliphatic heterocycles. The van der Waals surface area contributed by atoms with Gasteiger partial charge in [-0.2, -0.15) is 0 Å². The second-order valence-corrected chi connectivity index (χ2v) is 5.92. The third-order valence-corrected chi connectivity index (χ3v) is 3.86. The van der Waals surface area contributed by atoms with Crippen molar-refractivity contribution in [1.29, 1.82) is 0 Å². The highest BCUT2D eigenvalue weighted by Crippen LogP contribution is 2.29. The third kappa shape index (κ3) is 3.83. The van der Waals surface area contributed by atoms with Crippen molar-refractivity contribution < 1.29 is 19.4 Å². The Morgan fingerprint density at radius 1 is 1.46 bits per heavy atom. The van der Waals surface area contributed by atoms with Crippen molar-refractivity contribution >= 4 is 23.5 Å². The van der Waals surface area contributed by atoms with Crippen LogP contribution in [0.4, 0.5) is 0 Å². The van der Waals surface area contributed by atoms with Gasteiger partial charge in [-0.15, -0.1) is 5.10 Å². The van der Waals surface area contributed by atoms with Gasteiger partial charge in [-0.25, -0.2) is 4.68 Å². The average Bonchev–Trinajstić information content (AvgIpc) is 2.98. The molecular weight excluding hydrogens is 336 g/mol. The van der Waals surface area contributed by atoms with Crippen molar-refractivity contribution in [2.75, 3.05) is 6.61 Å². The Hall–Kier alpha value is -2.61. The minimum atomic E-state index is -1.01. The number of carbonyl (C=O) groups excluding carboxylic acids is 1. The topological polar surface area (TPSA) is 106 Å². The Morgan fingerprint density at radius 2 is 2.29 bits per heavy atom. The van der Waals surface area contributed by atoms with E-state index >= 15 is 0 Å². The predicted molar refractivity (Wildman–Crippen MR) is 83.6 cm³/mol. The predicted octanol–water partition coefficient (Wildman–Crippen LogP) is 0.884. The fourth-order valence-corrected chi connectivity index (χ4v) is 2.68. The Bertz CT molecular complexity index is 777. The number of halogens is 1. The second-order valence-electron chi connectivity index (χ2n) is 5.48. The average molecular weight is 351 g/mol. The van der Waals surface area contributed by atoms with Crippen molar-refractivity contribution in [3.05, 3.63) is 40.7 Å². The zero-order valence-corrected chi connectivity index (χ0v) is 13.4. The van der Waals surface area contributed by atoms with Gasteiger partial charge in [0.15, 0.2) is 0 Å². The summed E-state index contributed by atoms with van der Waals surface area (Å²) < 4.78 is 6.80. The van der Waals surface area contributed by atoms with Crippen LogP contribution in [0.5, 0.6) is 5.75 Å². The lowest BCUT2D eigenvalue weighted by atomic mass is 9.96. The third-order valence-electron chi connectivity index (χ3n) is 3.63. The van der Waals surface area contributed by atoms with Crippen LogP contribution in [0.25, 0.3) is 0 Å². The van der Waals surface area contributed by atoms with E-state index in [4.69, 9.17) is 21.4 Å². The van der Waals surface area contributed by atoms with Gasteiger partial charge in [-0.1, -0.05) is 16.8 Å². The normalized spacial score (nSPS) is 16.1. The van der Waals surface area contributed by atoms with E-state index in [0.717, 1.165) is 11.3 Å². The number of hydrogen-bond donors (Lipinski definition) is 2. The van der Waals surface area contributed by atoms with Crippen LogP contribution in [0.1, 0.15) is 11.3 Å². The number of rotatable bonds is 5. The summed E-state index contributed by atoms with van der Waals surface area (Å²) in [5, 5.41) is 19.6. The monoisotopic (exact) mass is 350 g/mol. The lowest BCUT2D eigenvalue weighted by molar-refractivity contribution is -0.138. The molecule has 0 fully saturated rings. The number of aromatic nitrogens is 3. The minimum Gasteiger partial charge on any atom is -0.492 e. The van der Waals surface area contributed by atoms with E-state index in [-0.39, 0.29) is 24.9 Å². The van der Waals surface area contributed by atoms with Crippen LogP contribution in [-0.4, -0.2) is 38.6 Å². The summed E-state index contributed by atoms with van der Waals surface area (Å²) in [5.41, 5.74) is 1.39. The number of nitrogens with one attached hydrogen (secondary N) is 1. The summed E-state index contributed by atoms with van der Waals surface area (Å²) in [5.74, 6) is -0.731. The summed E-state index contributed by atoms with van der Waals surface area (Å²) in [6.45, 7) is 0.207. The number of nitrogens with zero attached hydrogens (tertiary/aromatic N) is 3. The minimum absolute atomic E-state index is 0.159. The number of ether oxygens (including phenoxy) is 1. The molecule has 126 valence electrons. The van der Waals surface area contributed by atoms with Gasteiger partial charge in [0.25, 0.3) is 0 Å². The molecule has 0 saturated carbocycles. The zero-order chi connectivity index (χ0) is 17.1. The van der Waals surface area contributed by atoms with Crippen molar-refractivity contribution in [1.82, 2.24) is 20.3 Å². The summed E-state index contributed by atoms with van der Waals surface area (Å²) in [6.07, 6.45) is 2.04. The molecule has 3 rings (SSSR count). The smallest absolute Gasteiger partial charge is 0.325 e. The summed E-state index contributed by atoms with van der Waals surface area (Å²) in [6, 6.07) is 5.35. The molecule has 1 aromatic heterocycles. The molecule has 1 amide bonds. The Kier molecular flexibility index (Phi) is 4.66. The Labute approximate surface area is 142 Å². The van der Waals surface area contributed by atoms with Crippen LogP contribution in [0, 0.1) is 5.92 Å². The number of fused-ring (bicyclic) bond motifs is 1. The van der Waals surface area contributed by atoms with Gasteiger partial charge in [0.05, 0.1) is 18.7 Å². The van der Waals surface area contributed by atoms with Crippen molar-refractivity contribution in [2.45, 2.75) is 19.5 Å². The van der Waals surface area contributed by atoms with E-state index in [0.29, 0.717) is 23.7 Å². The quantitative estimate of drug-likeness (QED) is 0.829. The maximum Gasteiger partial charge on any atom is 0.325 e. The van der Waals surface area contributed by atoms with E-state index in [1.54, 1.807) is 18.2 Å². The van der Waals surface area contributed by atoms with E-state index in [2.05, 4.69) is 15.6 Å². The van der Waals surface area contributed by atoms with E-state index in [1.807, 2.05) is 0 Å². The molecule has 2 N–H and O–H groups in total. The van der Waals surface area contributed by atoms with Gasteiger partial charge >= 0.3 is 5.97 Å². The maximum absolute atomic E-state index is 12.3. The highest BCUT2D eigenvalue weighted by Gasteiger charge is 2.26. The molecule has 1 aliphatic rings. The molecule has 0 aliphatic carbocycles. The first-order valence-electron chi connectivity index (χ1n) is 7.31. The van der Waals surface area contributed by atoms with Gasteiger partial charge in [0, 0.05) is 5.02 Å². The fourth-order valence-electron chi connectivity index (χ4n) is 2.49. The summed E-state index contributed by atoms with van der Waals surface area (Å²) in [7, 11) is 0. The van der Waals surface area contributed by atoms with Gasteiger partial charge in [-0.3, -0.25) is 9.59 Å². The highest BCUT2D eigenvalue weighted by molar-refractivity contribution is 6.30. The molecule has 1 unspecified atom stereocenters. The molecule has 0 saturated heterocycles. The number of benzene rings is 1. The molecule has 0 radical (unpaired) electrons. The molecule has 1 aromatic carbocycles. The summed E-state index contributed by atoms with van der Waals surface area (Å²) >= 11 is 5.97. The molecule has 0 spiro atoms. The highest BCUT2D eigenvalue weighted by atomic mass is 35.5. The van der Waals surface area contributed by atoms with Gasteiger partial charge in [-0.05, 0) is 30.2 Å². The van der Waals surface area contributed by atoms with Crippen molar-refractivity contribution in [3.8, 4) is 5.75 Å². The van der Waals surface area contributed by atoms with Crippen LogP contribution in [0.15, 0.2) is 24.4 Å². The van der Waals surface area contributed by atoms with Crippen LogP contribution in [0.3, 0.4) is 0 Å². The molecule has 1 atom stereocenters. The lowest BCUT2D eigenvalue weighted by Gasteiger charge is -2.24. The first kappa shape index (κ1) is 16.3. The SMILES string of the molecule is O=C(O)Cn1cc(CNC(=O)C2COc3ccc(Cl)cc3C2)nn1. The standard InChI is InChI=1S/C15H15ClN4O4/c16-11-1-2-13-9(4-11)3-10(8-24-13)15(23)17-5-12-6-20(19-18-12)7-14(21)22/h1-2,4,6,10H,3,5,7-8H2,(H,17,23)(H,21,22). The van der Waals surface area contributed by atoms with E-state index < -0.39 is 5.97 Å². The van der Waals surface area contributed by atoms with E-state index in [9.17, 15) is 9.59 Å². The molecule has 0 bridgehead atoms. The second kappa shape index (κ2) is 6.88. The summed E-state index contributed by atoms with van der Waals surface area (Å²) in [4.78, 5) is 22.9. The first-order chi connectivity index (χ1) is 11.5. The Balaban J connectivity index is 1.56.